The second-order valence-corrected chi connectivity index (χ2v) is 10.5. The molecule has 0 aromatic heterocycles. The maximum absolute atomic E-state index is 12.7. The molecule has 3 aromatic carbocycles. The Kier molecular flexibility index (Phi) is 7.63. The average molecular weight is 469 g/mol. The van der Waals surface area contributed by atoms with Crippen LogP contribution in [0.2, 0.25) is 5.02 Å². The Balaban J connectivity index is 1.29. The van der Waals surface area contributed by atoms with Gasteiger partial charge in [-0.25, -0.2) is 13.1 Å². The first kappa shape index (κ1) is 23.0. The van der Waals surface area contributed by atoms with Crippen LogP contribution in [0.3, 0.4) is 0 Å². The van der Waals surface area contributed by atoms with E-state index in [1.165, 1.54) is 37.9 Å². The van der Waals surface area contributed by atoms with Crippen molar-refractivity contribution in [2.75, 3.05) is 19.6 Å². The van der Waals surface area contributed by atoms with Gasteiger partial charge in [0.1, 0.15) is 0 Å². The summed E-state index contributed by atoms with van der Waals surface area (Å²) in [6.07, 6.45) is 4.59. The fourth-order valence-electron chi connectivity index (χ4n) is 4.07. The van der Waals surface area contributed by atoms with E-state index in [-0.39, 0.29) is 4.90 Å². The third-order valence-electron chi connectivity index (χ3n) is 5.93. The molecule has 0 unspecified atom stereocenters. The predicted molar refractivity (Wildman–Crippen MR) is 131 cm³/mol. The summed E-state index contributed by atoms with van der Waals surface area (Å²) in [6, 6.07) is 22.9. The normalized spacial score (nSPS) is 15.0. The van der Waals surface area contributed by atoms with Crippen molar-refractivity contribution >= 4 is 21.6 Å². The van der Waals surface area contributed by atoms with Crippen LogP contribution < -0.4 is 4.72 Å². The number of sulfonamides is 1. The van der Waals surface area contributed by atoms with Crippen LogP contribution in [-0.4, -0.2) is 33.0 Å². The van der Waals surface area contributed by atoms with E-state index in [2.05, 4.69) is 33.9 Å². The van der Waals surface area contributed by atoms with E-state index in [0.29, 0.717) is 18.0 Å². The molecule has 0 saturated carbocycles. The molecule has 0 bridgehead atoms. The van der Waals surface area contributed by atoms with Gasteiger partial charge < -0.3 is 0 Å². The Morgan fingerprint density at radius 3 is 1.94 bits per heavy atom. The van der Waals surface area contributed by atoms with E-state index < -0.39 is 10.0 Å². The number of nitrogens with zero attached hydrogens (tertiary/aromatic N) is 1. The minimum absolute atomic E-state index is 0.270. The van der Waals surface area contributed by atoms with Crippen molar-refractivity contribution in [2.24, 2.45) is 0 Å². The minimum Gasteiger partial charge on any atom is -0.299 e. The van der Waals surface area contributed by atoms with Gasteiger partial charge >= 0.3 is 0 Å². The van der Waals surface area contributed by atoms with Crippen molar-refractivity contribution in [2.45, 2.75) is 37.1 Å². The highest BCUT2D eigenvalue weighted by Crippen LogP contribution is 2.23. The fraction of sp³-hybridized carbons (Fsp3) is 0.308. The first-order valence-electron chi connectivity index (χ1n) is 11.2. The van der Waals surface area contributed by atoms with Crippen LogP contribution in [0.5, 0.6) is 0 Å². The van der Waals surface area contributed by atoms with Gasteiger partial charge in [-0.3, -0.25) is 4.90 Å². The smallest absolute Gasteiger partial charge is 0.240 e. The summed E-state index contributed by atoms with van der Waals surface area (Å²) in [6.45, 7) is 3.74. The van der Waals surface area contributed by atoms with Crippen LogP contribution in [0.1, 0.15) is 30.4 Å². The molecule has 1 fully saturated rings. The Morgan fingerprint density at radius 2 is 1.31 bits per heavy atom. The van der Waals surface area contributed by atoms with Crippen molar-refractivity contribution < 1.29 is 8.42 Å². The van der Waals surface area contributed by atoms with E-state index in [4.69, 9.17) is 11.6 Å². The number of hydrogen-bond donors (Lipinski definition) is 1. The molecule has 1 heterocycles. The third-order valence-corrected chi connectivity index (χ3v) is 7.65. The Labute approximate surface area is 196 Å². The predicted octanol–water partition coefficient (Wildman–Crippen LogP) is 5.51. The molecular formula is C26H29ClN2O2S. The highest BCUT2D eigenvalue weighted by molar-refractivity contribution is 7.89. The maximum atomic E-state index is 12.7. The number of nitrogens with one attached hydrogen (secondary N) is 1. The number of rotatable bonds is 8. The molecule has 32 heavy (non-hydrogen) atoms. The third kappa shape index (κ3) is 6.20. The number of halogens is 1. The van der Waals surface area contributed by atoms with Crippen molar-refractivity contribution in [1.29, 1.82) is 0 Å². The SMILES string of the molecule is O=S(=O)(NCCc1ccc(CN2CCCCC2)cc1)c1ccc(-c2ccc(Cl)cc2)cc1. The second-order valence-electron chi connectivity index (χ2n) is 8.33. The molecule has 168 valence electrons. The lowest BCUT2D eigenvalue weighted by atomic mass is 10.1. The van der Waals surface area contributed by atoms with Crippen LogP contribution in [0.15, 0.2) is 77.7 Å². The molecule has 0 spiro atoms. The summed E-state index contributed by atoms with van der Waals surface area (Å²) in [4.78, 5) is 2.78. The molecule has 0 atom stereocenters. The van der Waals surface area contributed by atoms with Gasteiger partial charge in [-0.1, -0.05) is 66.6 Å². The first-order valence-corrected chi connectivity index (χ1v) is 13.0. The lowest BCUT2D eigenvalue weighted by molar-refractivity contribution is 0.221. The van der Waals surface area contributed by atoms with Crippen LogP contribution in [0.4, 0.5) is 0 Å². The summed E-state index contributed by atoms with van der Waals surface area (Å²) >= 11 is 5.93. The van der Waals surface area contributed by atoms with Gasteiger partial charge in [0.2, 0.25) is 10.0 Å². The summed E-state index contributed by atoms with van der Waals surface area (Å²) in [5.41, 5.74) is 4.39. The number of hydrogen-bond acceptors (Lipinski definition) is 3. The van der Waals surface area contributed by atoms with Crippen LogP contribution in [0.25, 0.3) is 11.1 Å². The molecule has 4 rings (SSSR count). The first-order chi connectivity index (χ1) is 15.5. The molecule has 0 radical (unpaired) electrons. The lowest BCUT2D eigenvalue weighted by Gasteiger charge is -2.26. The van der Waals surface area contributed by atoms with Crippen LogP contribution in [0, 0.1) is 0 Å². The molecule has 1 saturated heterocycles. The molecule has 3 aromatic rings. The van der Waals surface area contributed by atoms with E-state index >= 15 is 0 Å². The van der Waals surface area contributed by atoms with Gasteiger partial charge in [0.05, 0.1) is 4.90 Å². The zero-order valence-electron chi connectivity index (χ0n) is 18.1. The van der Waals surface area contributed by atoms with Crippen molar-refractivity contribution in [3.63, 3.8) is 0 Å². The van der Waals surface area contributed by atoms with Crippen LogP contribution in [-0.2, 0) is 23.0 Å². The number of likely N-dealkylation sites (tertiary alicyclic amines) is 1. The van der Waals surface area contributed by atoms with Gasteiger partial charge in [-0.05, 0) is 78.9 Å². The number of benzene rings is 3. The highest BCUT2D eigenvalue weighted by Gasteiger charge is 2.14. The molecule has 0 amide bonds. The molecular weight excluding hydrogens is 440 g/mol. The zero-order valence-corrected chi connectivity index (χ0v) is 19.7. The maximum Gasteiger partial charge on any atom is 0.240 e. The molecule has 6 heteroatoms. The van der Waals surface area contributed by atoms with Gasteiger partial charge in [-0.2, -0.15) is 0 Å². The Bertz CT molecular complexity index is 1110. The van der Waals surface area contributed by atoms with Gasteiger partial charge in [0.25, 0.3) is 0 Å². The van der Waals surface area contributed by atoms with Gasteiger partial charge in [-0.15, -0.1) is 0 Å². The van der Waals surface area contributed by atoms with Gasteiger partial charge in [0.15, 0.2) is 0 Å². The van der Waals surface area contributed by atoms with E-state index in [1.54, 1.807) is 12.1 Å². The molecule has 1 N–H and O–H groups in total. The molecule has 4 nitrogen and oxygen atoms in total. The standard InChI is InChI=1S/C26H29ClN2O2S/c27-25-12-8-23(9-13-25)24-10-14-26(15-11-24)32(30,31)28-17-16-21-4-6-22(7-5-21)20-29-18-2-1-3-19-29/h4-15,28H,1-3,16-20H2. The Hall–Kier alpha value is -2.18. The summed E-state index contributed by atoms with van der Waals surface area (Å²) in [5, 5.41) is 0.675. The summed E-state index contributed by atoms with van der Waals surface area (Å²) < 4.78 is 28.0. The Morgan fingerprint density at radius 1 is 0.750 bits per heavy atom. The lowest BCUT2D eigenvalue weighted by Crippen LogP contribution is -2.29. The monoisotopic (exact) mass is 468 g/mol. The van der Waals surface area contributed by atoms with Crippen molar-refractivity contribution in [3.05, 3.63) is 88.9 Å². The largest absolute Gasteiger partial charge is 0.299 e. The minimum atomic E-state index is -3.54. The average Bonchev–Trinajstić information content (AvgIpc) is 2.81. The zero-order chi connectivity index (χ0) is 22.4. The van der Waals surface area contributed by atoms with E-state index in [1.807, 2.05) is 36.4 Å². The quantitative estimate of drug-likeness (QED) is 0.474. The molecule has 1 aliphatic heterocycles. The fourth-order valence-corrected chi connectivity index (χ4v) is 5.23. The molecule has 0 aliphatic carbocycles. The van der Waals surface area contributed by atoms with Gasteiger partial charge in [0, 0.05) is 18.1 Å². The number of piperidine rings is 1. The summed E-state index contributed by atoms with van der Waals surface area (Å²) in [5.74, 6) is 0. The van der Waals surface area contributed by atoms with Crippen molar-refractivity contribution in [1.82, 2.24) is 9.62 Å². The second kappa shape index (κ2) is 10.6. The topological polar surface area (TPSA) is 49.4 Å². The highest BCUT2D eigenvalue weighted by atomic mass is 35.5. The summed E-state index contributed by atoms with van der Waals surface area (Å²) in [7, 11) is -3.54. The molecule has 1 aliphatic rings. The van der Waals surface area contributed by atoms with E-state index in [9.17, 15) is 8.42 Å². The van der Waals surface area contributed by atoms with Crippen molar-refractivity contribution in [3.8, 4) is 11.1 Å². The van der Waals surface area contributed by atoms with Crippen LogP contribution >= 0.6 is 11.6 Å². The van der Waals surface area contributed by atoms with E-state index in [0.717, 1.165) is 23.2 Å².